The zero-order chi connectivity index (χ0) is 16.8. The summed E-state index contributed by atoms with van der Waals surface area (Å²) in [5, 5.41) is 4.51. The second kappa shape index (κ2) is 7.69. The Hall–Kier alpha value is -2.47. The average Bonchev–Trinajstić information content (AvgIpc) is 2.55. The molecule has 0 fully saturated rings. The van der Waals surface area contributed by atoms with Gasteiger partial charge in [0.05, 0.1) is 7.11 Å². The summed E-state index contributed by atoms with van der Waals surface area (Å²) < 4.78 is 31.2. The Bertz CT molecular complexity index is 692. The third-order valence-corrected chi connectivity index (χ3v) is 3.48. The molecule has 2 aromatic carbocycles. The van der Waals surface area contributed by atoms with Crippen LogP contribution in [-0.4, -0.2) is 19.6 Å². The van der Waals surface area contributed by atoms with Gasteiger partial charge in [0.15, 0.2) is 18.2 Å². The van der Waals surface area contributed by atoms with Crippen molar-refractivity contribution in [2.75, 3.05) is 19.0 Å². The predicted molar refractivity (Wildman–Crippen MR) is 83.2 cm³/mol. The summed E-state index contributed by atoms with van der Waals surface area (Å²) in [7, 11) is 1.55. The van der Waals surface area contributed by atoms with Crippen molar-refractivity contribution in [2.45, 2.75) is 13.0 Å². The maximum Gasteiger partial charge on any atom is 0.279 e. The van der Waals surface area contributed by atoms with Crippen molar-refractivity contribution in [3.63, 3.8) is 0 Å². The zero-order valence-corrected chi connectivity index (χ0v) is 13.0. The van der Waals surface area contributed by atoms with E-state index in [1.54, 1.807) is 36.7 Å². The number of benzene rings is 2. The zero-order valence-electron chi connectivity index (χ0n) is 13.0. The summed E-state index contributed by atoms with van der Waals surface area (Å²) in [6.45, 7) is 1.99. The Balaban J connectivity index is 1.89. The molecular formula is C17H19F2N2O2+. The molecule has 6 heteroatoms. The first-order valence-electron chi connectivity index (χ1n) is 7.22. The number of carbonyl (C=O) groups is 1. The van der Waals surface area contributed by atoms with Crippen LogP contribution in [0.1, 0.15) is 18.5 Å². The highest BCUT2D eigenvalue weighted by Gasteiger charge is 2.14. The molecule has 0 aliphatic rings. The lowest BCUT2D eigenvalue weighted by molar-refractivity contribution is -0.682. The van der Waals surface area contributed by atoms with Crippen molar-refractivity contribution in [1.82, 2.24) is 0 Å². The van der Waals surface area contributed by atoms with Crippen LogP contribution in [-0.2, 0) is 4.79 Å². The van der Waals surface area contributed by atoms with E-state index in [0.29, 0.717) is 17.0 Å². The van der Waals surface area contributed by atoms with Crippen LogP contribution in [0.4, 0.5) is 14.5 Å². The van der Waals surface area contributed by atoms with Crippen molar-refractivity contribution >= 4 is 11.6 Å². The van der Waals surface area contributed by atoms with Crippen LogP contribution in [0.5, 0.6) is 5.75 Å². The fourth-order valence-electron chi connectivity index (χ4n) is 2.13. The molecule has 4 nitrogen and oxygen atoms in total. The van der Waals surface area contributed by atoms with Crippen LogP contribution < -0.4 is 15.4 Å². The van der Waals surface area contributed by atoms with E-state index in [1.807, 2.05) is 6.92 Å². The molecule has 0 saturated carbocycles. The Morgan fingerprint density at radius 1 is 1.22 bits per heavy atom. The molecule has 0 spiro atoms. The monoisotopic (exact) mass is 321 g/mol. The highest BCUT2D eigenvalue weighted by atomic mass is 19.2. The summed E-state index contributed by atoms with van der Waals surface area (Å²) >= 11 is 0. The van der Waals surface area contributed by atoms with Gasteiger partial charge in [-0.15, -0.1) is 0 Å². The van der Waals surface area contributed by atoms with Gasteiger partial charge in [-0.25, -0.2) is 8.78 Å². The summed E-state index contributed by atoms with van der Waals surface area (Å²) in [6, 6.07) is 10.6. The van der Waals surface area contributed by atoms with Gasteiger partial charge >= 0.3 is 0 Å². The number of nitrogens with one attached hydrogen (secondary N) is 1. The van der Waals surface area contributed by atoms with Gasteiger partial charge in [0.25, 0.3) is 5.91 Å². The molecule has 2 rings (SSSR count). The van der Waals surface area contributed by atoms with E-state index in [9.17, 15) is 13.6 Å². The largest absolute Gasteiger partial charge is 0.497 e. The molecule has 1 atom stereocenters. The lowest BCUT2D eigenvalue weighted by Gasteiger charge is -2.12. The van der Waals surface area contributed by atoms with E-state index in [-0.39, 0.29) is 18.5 Å². The first-order chi connectivity index (χ1) is 11.0. The molecule has 2 aromatic rings. The number of ether oxygens (including phenoxy) is 1. The number of amides is 1. The van der Waals surface area contributed by atoms with Gasteiger partial charge in [0.2, 0.25) is 0 Å². The lowest BCUT2D eigenvalue weighted by Crippen LogP contribution is -2.86. The number of quaternary nitrogens is 1. The molecular weight excluding hydrogens is 302 g/mol. The van der Waals surface area contributed by atoms with Crippen LogP contribution in [0.3, 0.4) is 0 Å². The fraction of sp³-hybridized carbons (Fsp3) is 0.235. The predicted octanol–water partition coefficient (Wildman–Crippen LogP) is 2.24. The molecule has 0 unspecified atom stereocenters. The van der Waals surface area contributed by atoms with Gasteiger partial charge in [0, 0.05) is 17.3 Å². The third kappa shape index (κ3) is 4.75. The minimum absolute atomic E-state index is 0.164. The molecule has 3 N–H and O–H groups in total. The van der Waals surface area contributed by atoms with E-state index in [1.165, 1.54) is 6.07 Å². The Morgan fingerprint density at radius 2 is 2.00 bits per heavy atom. The van der Waals surface area contributed by atoms with Gasteiger partial charge in [-0.05, 0) is 37.3 Å². The SMILES string of the molecule is COc1cccc(NC(=O)C[NH2+][C@@H](C)c2ccc(F)c(F)c2)c1. The highest BCUT2D eigenvalue weighted by molar-refractivity contribution is 5.91. The van der Waals surface area contributed by atoms with Crippen LogP contribution >= 0.6 is 0 Å². The van der Waals surface area contributed by atoms with Gasteiger partial charge in [0.1, 0.15) is 11.8 Å². The number of rotatable bonds is 6. The third-order valence-electron chi connectivity index (χ3n) is 3.48. The second-order valence-electron chi connectivity index (χ2n) is 5.18. The topological polar surface area (TPSA) is 54.9 Å². The highest BCUT2D eigenvalue weighted by Crippen LogP contribution is 2.16. The molecule has 122 valence electrons. The molecule has 0 aliphatic carbocycles. The number of halogens is 2. The molecule has 23 heavy (non-hydrogen) atoms. The smallest absolute Gasteiger partial charge is 0.279 e. The van der Waals surface area contributed by atoms with Crippen LogP contribution in [0.2, 0.25) is 0 Å². The number of hydrogen-bond donors (Lipinski definition) is 2. The lowest BCUT2D eigenvalue weighted by atomic mass is 10.1. The van der Waals surface area contributed by atoms with E-state index in [2.05, 4.69) is 5.32 Å². The molecule has 0 heterocycles. The molecule has 0 aromatic heterocycles. The van der Waals surface area contributed by atoms with Crippen LogP contribution in [0.25, 0.3) is 0 Å². The van der Waals surface area contributed by atoms with E-state index < -0.39 is 11.6 Å². The summed E-state index contributed by atoms with van der Waals surface area (Å²) in [5.41, 5.74) is 1.27. The standard InChI is InChI=1S/C17H18F2N2O2/c1-11(12-6-7-15(18)16(19)8-12)20-10-17(22)21-13-4-3-5-14(9-13)23-2/h3-9,11,20H,10H2,1-2H3,(H,21,22)/p+1/t11-/m0/s1. The van der Waals surface area contributed by atoms with Crippen LogP contribution in [0, 0.1) is 11.6 Å². The first kappa shape index (κ1) is 16.9. The number of nitrogens with two attached hydrogens (primary N) is 1. The minimum atomic E-state index is -0.886. The van der Waals surface area contributed by atoms with E-state index >= 15 is 0 Å². The van der Waals surface area contributed by atoms with Gasteiger partial charge in [-0.2, -0.15) is 0 Å². The van der Waals surface area contributed by atoms with Crippen molar-refractivity contribution in [3.05, 3.63) is 59.7 Å². The second-order valence-corrected chi connectivity index (χ2v) is 5.18. The number of methoxy groups -OCH3 is 1. The van der Waals surface area contributed by atoms with Crippen molar-refractivity contribution in [3.8, 4) is 5.75 Å². The summed E-state index contributed by atoms with van der Waals surface area (Å²) in [6.07, 6.45) is 0. The van der Waals surface area contributed by atoms with Gasteiger partial charge < -0.3 is 15.4 Å². The average molecular weight is 321 g/mol. The number of anilines is 1. The quantitative estimate of drug-likeness (QED) is 0.857. The van der Waals surface area contributed by atoms with Crippen molar-refractivity contribution in [1.29, 1.82) is 0 Å². The first-order valence-corrected chi connectivity index (χ1v) is 7.22. The Labute approximate surface area is 133 Å². The maximum absolute atomic E-state index is 13.2. The molecule has 0 bridgehead atoms. The molecule has 0 saturated heterocycles. The number of carbonyl (C=O) groups excluding carboxylic acids is 1. The minimum Gasteiger partial charge on any atom is -0.497 e. The fourth-order valence-corrected chi connectivity index (χ4v) is 2.13. The summed E-state index contributed by atoms with van der Waals surface area (Å²) in [5.74, 6) is -1.30. The van der Waals surface area contributed by atoms with Gasteiger partial charge in [-0.3, -0.25) is 4.79 Å². The van der Waals surface area contributed by atoms with Gasteiger partial charge in [-0.1, -0.05) is 6.07 Å². The Kier molecular flexibility index (Phi) is 5.65. The van der Waals surface area contributed by atoms with E-state index in [4.69, 9.17) is 4.74 Å². The normalized spacial score (nSPS) is 11.8. The van der Waals surface area contributed by atoms with E-state index in [0.717, 1.165) is 12.1 Å². The van der Waals surface area contributed by atoms with Crippen molar-refractivity contribution < 1.29 is 23.6 Å². The van der Waals surface area contributed by atoms with Crippen molar-refractivity contribution in [2.24, 2.45) is 0 Å². The molecule has 0 aliphatic heterocycles. The number of hydrogen-bond acceptors (Lipinski definition) is 2. The summed E-state index contributed by atoms with van der Waals surface area (Å²) in [4.78, 5) is 12.0. The molecule has 1 amide bonds. The molecule has 0 radical (unpaired) electrons. The Morgan fingerprint density at radius 3 is 2.70 bits per heavy atom. The maximum atomic E-state index is 13.2. The van der Waals surface area contributed by atoms with Crippen LogP contribution in [0.15, 0.2) is 42.5 Å².